The van der Waals surface area contributed by atoms with Crippen molar-refractivity contribution in [3.63, 3.8) is 0 Å². The first-order chi connectivity index (χ1) is 8.24. The second-order valence-electron chi connectivity index (χ2n) is 5.55. The third kappa shape index (κ3) is 2.06. The normalized spacial score (nSPS) is 31.8. The van der Waals surface area contributed by atoms with Gasteiger partial charge in [-0.05, 0) is 38.1 Å². The lowest BCUT2D eigenvalue weighted by Crippen LogP contribution is -2.34. The number of anilines is 1. The van der Waals surface area contributed by atoms with Gasteiger partial charge in [-0.25, -0.2) is 0 Å². The minimum atomic E-state index is 0.651. The zero-order chi connectivity index (χ0) is 11.8. The third-order valence-corrected chi connectivity index (χ3v) is 4.38. The zero-order valence-electron chi connectivity index (χ0n) is 10.7. The van der Waals surface area contributed by atoms with E-state index in [1.54, 1.807) is 0 Å². The Morgan fingerprint density at radius 3 is 3.18 bits per heavy atom. The van der Waals surface area contributed by atoms with Crippen molar-refractivity contribution in [2.24, 2.45) is 18.9 Å². The molecule has 0 bridgehead atoms. The fourth-order valence-electron chi connectivity index (χ4n) is 3.52. The van der Waals surface area contributed by atoms with E-state index < -0.39 is 0 Å². The number of hydrogen-bond donors (Lipinski definition) is 2. The van der Waals surface area contributed by atoms with Gasteiger partial charge in [0.1, 0.15) is 5.82 Å². The molecular formula is C13H22N4. The van der Waals surface area contributed by atoms with Crippen molar-refractivity contribution >= 4 is 5.82 Å². The van der Waals surface area contributed by atoms with Crippen LogP contribution in [0.3, 0.4) is 0 Å². The van der Waals surface area contributed by atoms with Crippen molar-refractivity contribution in [2.75, 3.05) is 18.4 Å². The number of hydrogen-bond acceptors (Lipinski definition) is 3. The lowest BCUT2D eigenvalue weighted by atomic mass is 9.94. The van der Waals surface area contributed by atoms with Crippen LogP contribution in [0.2, 0.25) is 0 Å². The second-order valence-corrected chi connectivity index (χ2v) is 5.55. The summed E-state index contributed by atoms with van der Waals surface area (Å²) in [5.74, 6) is 2.97. The highest BCUT2D eigenvalue weighted by atomic mass is 15.3. The van der Waals surface area contributed by atoms with Crippen LogP contribution >= 0.6 is 0 Å². The highest BCUT2D eigenvalue weighted by Gasteiger charge is 2.38. The maximum Gasteiger partial charge on any atom is 0.124 e. The molecule has 0 amide bonds. The van der Waals surface area contributed by atoms with Crippen LogP contribution in [0.25, 0.3) is 0 Å². The molecule has 0 spiro atoms. The molecule has 94 valence electrons. The SMILES string of the molecule is Cc1cc(NCC2NCC3CCCC32)n(C)n1. The predicted molar refractivity (Wildman–Crippen MR) is 69.1 cm³/mol. The Labute approximate surface area is 103 Å². The number of nitrogens with one attached hydrogen (secondary N) is 2. The highest BCUT2D eigenvalue weighted by Crippen LogP contribution is 2.37. The average molecular weight is 234 g/mol. The van der Waals surface area contributed by atoms with E-state index in [0.29, 0.717) is 6.04 Å². The van der Waals surface area contributed by atoms with Gasteiger partial charge in [-0.3, -0.25) is 4.68 Å². The molecule has 0 aromatic carbocycles. The van der Waals surface area contributed by atoms with Crippen molar-refractivity contribution in [1.29, 1.82) is 0 Å². The standard InChI is InChI=1S/C13H22N4/c1-9-6-13(17(2)16-9)15-8-12-11-5-3-4-10(11)7-14-12/h6,10-12,14-15H,3-5,7-8H2,1-2H3. The molecule has 3 rings (SSSR count). The summed E-state index contributed by atoms with van der Waals surface area (Å²) in [6.45, 7) is 4.29. The first-order valence-corrected chi connectivity index (χ1v) is 6.72. The first kappa shape index (κ1) is 11.1. The minimum Gasteiger partial charge on any atom is -0.369 e. The molecule has 0 radical (unpaired) electrons. The van der Waals surface area contributed by atoms with Crippen LogP contribution in [0.1, 0.15) is 25.0 Å². The van der Waals surface area contributed by atoms with Gasteiger partial charge in [-0.1, -0.05) is 6.42 Å². The summed E-state index contributed by atoms with van der Waals surface area (Å²) in [4.78, 5) is 0. The lowest BCUT2D eigenvalue weighted by Gasteiger charge is -2.19. The van der Waals surface area contributed by atoms with Gasteiger partial charge in [0, 0.05) is 25.7 Å². The summed E-state index contributed by atoms with van der Waals surface area (Å²) in [5, 5.41) is 11.5. The topological polar surface area (TPSA) is 41.9 Å². The largest absolute Gasteiger partial charge is 0.369 e. The summed E-state index contributed by atoms with van der Waals surface area (Å²) >= 11 is 0. The molecule has 4 nitrogen and oxygen atoms in total. The van der Waals surface area contributed by atoms with Gasteiger partial charge in [-0.2, -0.15) is 5.10 Å². The van der Waals surface area contributed by atoms with Gasteiger partial charge in [0.05, 0.1) is 5.69 Å². The van der Waals surface area contributed by atoms with Gasteiger partial charge in [0.25, 0.3) is 0 Å². The van der Waals surface area contributed by atoms with Crippen LogP contribution in [-0.2, 0) is 7.05 Å². The quantitative estimate of drug-likeness (QED) is 0.833. The maximum atomic E-state index is 4.36. The van der Waals surface area contributed by atoms with Crippen molar-refractivity contribution in [3.8, 4) is 0 Å². The monoisotopic (exact) mass is 234 g/mol. The number of rotatable bonds is 3. The van der Waals surface area contributed by atoms with Crippen molar-refractivity contribution < 1.29 is 0 Å². The Balaban J connectivity index is 1.59. The molecular weight excluding hydrogens is 212 g/mol. The average Bonchev–Trinajstić information content (AvgIpc) is 2.92. The van der Waals surface area contributed by atoms with E-state index >= 15 is 0 Å². The molecule has 3 atom stereocenters. The first-order valence-electron chi connectivity index (χ1n) is 6.72. The van der Waals surface area contributed by atoms with Crippen LogP contribution in [0, 0.1) is 18.8 Å². The number of fused-ring (bicyclic) bond motifs is 1. The Kier molecular flexibility index (Phi) is 2.82. The molecule has 4 heteroatoms. The molecule has 2 N–H and O–H groups in total. The molecule has 2 fully saturated rings. The van der Waals surface area contributed by atoms with Crippen LogP contribution in [0.5, 0.6) is 0 Å². The molecule has 17 heavy (non-hydrogen) atoms. The summed E-state index contributed by atoms with van der Waals surface area (Å²) in [6.07, 6.45) is 4.27. The Bertz CT molecular complexity index is 398. The molecule has 1 aromatic heterocycles. The Morgan fingerprint density at radius 1 is 1.53 bits per heavy atom. The van der Waals surface area contributed by atoms with Gasteiger partial charge < -0.3 is 10.6 Å². The highest BCUT2D eigenvalue weighted by molar-refractivity contribution is 5.36. The molecule has 1 saturated heterocycles. The molecule has 3 unspecified atom stereocenters. The number of aryl methyl sites for hydroxylation is 2. The van der Waals surface area contributed by atoms with E-state index in [-0.39, 0.29) is 0 Å². The summed E-state index contributed by atoms with van der Waals surface area (Å²) < 4.78 is 1.93. The molecule has 2 heterocycles. The van der Waals surface area contributed by atoms with E-state index in [0.717, 1.165) is 29.9 Å². The summed E-state index contributed by atoms with van der Waals surface area (Å²) in [7, 11) is 2.00. The molecule has 1 aromatic rings. The smallest absolute Gasteiger partial charge is 0.124 e. The Morgan fingerprint density at radius 2 is 2.41 bits per heavy atom. The van der Waals surface area contributed by atoms with Crippen molar-refractivity contribution in [1.82, 2.24) is 15.1 Å². The predicted octanol–water partition coefficient (Wildman–Crippen LogP) is 1.53. The molecule has 1 aliphatic heterocycles. The molecule has 1 aliphatic carbocycles. The third-order valence-electron chi connectivity index (χ3n) is 4.38. The minimum absolute atomic E-state index is 0.651. The summed E-state index contributed by atoms with van der Waals surface area (Å²) in [5.41, 5.74) is 1.08. The molecule has 1 saturated carbocycles. The van der Waals surface area contributed by atoms with Gasteiger partial charge in [0.15, 0.2) is 0 Å². The van der Waals surface area contributed by atoms with Gasteiger partial charge in [0.2, 0.25) is 0 Å². The van der Waals surface area contributed by atoms with Gasteiger partial charge >= 0.3 is 0 Å². The summed E-state index contributed by atoms with van der Waals surface area (Å²) in [6, 6.07) is 2.76. The van der Waals surface area contributed by atoms with Crippen LogP contribution < -0.4 is 10.6 Å². The van der Waals surface area contributed by atoms with Crippen LogP contribution in [0.15, 0.2) is 6.07 Å². The number of nitrogens with zero attached hydrogens (tertiary/aromatic N) is 2. The molecule has 2 aliphatic rings. The van der Waals surface area contributed by atoms with Crippen LogP contribution in [0.4, 0.5) is 5.82 Å². The number of aromatic nitrogens is 2. The fourth-order valence-corrected chi connectivity index (χ4v) is 3.52. The van der Waals surface area contributed by atoms with E-state index in [9.17, 15) is 0 Å². The maximum absolute atomic E-state index is 4.36. The second kappa shape index (κ2) is 4.33. The van der Waals surface area contributed by atoms with E-state index in [2.05, 4.69) is 21.8 Å². The van der Waals surface area contributed by atoms with E-state index in [1.165, 1.54) is 25.8 Å². The van der Waals surface area contributed by atoms with Crippen LogP contribution in [-0.4, -0.2) is 28.9 Å². The van der Waals surface area contributed by atoms with Crippen molar-refractivity contribution in [3.05, 3.63) is 11.8 Å². The van der Waals surface area contributed by atoms with E-state index in [1.807, 2.05) is 18.7 Å². The van der Waals surface area contributed by atoms with Gasteiger partial charge in [-0.15, -0.1) is 0 Å². The fraction of sp³-hybridized carbons (Fsp3) is 0.769. The zero-order valence-corrected chi connectivity index (χ0v) is 10.7. The Hall–Kier alpha value is -1.03. The van der Waals surface area contributed by atoms with E-state index in [4.69, 9.17) is 0 Å². The van der Waals surface area contributed by atoms with Crippen molar-refractivity contribution in [2.45, 2.75) is 32.2 Å². The lowest BCUT2D eigenvalue weighted by molar-refractivity contribution is 0.422.